The van der Waals surface area contributed by atoms with E-state index in [1.54, 1.807) is 0 Å². The number of amides is 1. The van der Waals surface area contributed by atoms with Crippen molar-refractivity contribution in [3.05, 3.63) is 46.9 Å². The lowest BCUT2D eigenvalue weighted by molar-refractivity contribution is 0.0693. The van der Waals surface area contributed by atoms with Crippen molar-refractivity contribution in [1.82, 2.24) is 0 Å². The second-order valence-electron chi connectivity index (χ2n) is 3.59. The van der Waals surface area contributed by atoms with Crippen LogP contribution in [0.3, 0.4) is 0 Å². The van der Waals surface area contributed by atoms with E-state index in [0.717, 1.165) is 6.07 Å². The number of carboxylic acids is 1. The van der Waals surface area contributed by atoms with Crippen LogP contribution in [0.1, 0.15) is 20.9 Å². The fourth-order valence-electron chi connectivity index (χ4n) is 1.41. The van der Waals surface area contributed by atoms with Crippen LogP contribution in [-0.4, -0.2) is 22.1 Å². The van der Waals surface area contributed by atoms with Crippen molar-refractivity contribution in [2.24, 2.45) is 0 Å². The Kier molecular flexibility index (Phi) is 3.43. The first-order valence-corrected chi connectivity index (χ1v) is 5.48. The number of carboxylic acid groups (broad SMARTS) is 1. The lowest BCUT2D eigenvalue weighted by Gasteiger charge is -2.05. The molecule has 0 aliphatic carbocycles. The van der Waals surface area contributed by atoms with Gasteiger partial charge in [-0.1, -0.05) is 0 Å². The lowest BCUT2D eigenvalue weighted by atomic mass is 10.2. The summed E-state index contributed by atoms with van der Waals surface area (Å²) in [5, 5.41) is 20.7. The average Bonchev–Trinajstić information content (AvgIpc) is 2.78. The number of furan rings is 1. The normalized spacial score (nSPS) is 10.2. The van der Waals surface area contributed by atoms with Crippen LogP contribution in [0.5, 0.6) is 5.75 Å². The zero-order valence-corrected chi connectivity index (χ0v) is 10.1. The number of nitrogens with one attached hydrogen (secondary N) is 1. The molecule has 0 spiro atoms. The van der Waals surface area contributed by atoms with Crippen LogP contribution in [0.4, 0.5) is 5.69 Å². The van der Waals surface area contributed by atoms with Gasteiger partial charge in [0.25, 0.3) is 5.91 Å². The standard InChI is InChI=1S/C12H8ClNO5/c13-10-4-3-9(19-10)11(16)14-6-1-2-8(15)7(5-6)12(17)18/h1-5,15H,(H,14,16)(H,17,18). The highest BCUT2D eigenvalue weighted by molar-refractivity contribution is 6.29. The van der Waals surface area contributed by atoms with E-state index >= 15 is 0 Å². The van der Waals surface area contributed by atoms with Crippen LogP contribution in [0.25, 0.3) is 0 Å². The van der Waals surface area contributed by atoms with E-state index in [0.29, 0.717) is 0 Å². The molecule has 1 aromatic heterocycles. The van der Waals surface area contributed by atoms with Gasteiger partial charge in [0.2, 0.25) is 0 Å². The molecule has 0 aliphatic rings. The molecule has 2 rings (SSSR count). The molecule has 1 heterocycles. The van der Waals surface area contributed by atoms with Crippen LogP contribution < -0.4 is 5.32 Å². The SMILES string of the molecule is O=C(Nc1ccc(O)c(C(=O)O)c1)c1ccc(Cl)o1. The highest BCUT2D eigenvalue weighted by Crippen LogP contribution is 2.22. The molecule has 0 bridgehead atoms. The van der Waals surface area contributed by atoms with Gasteiger partial charge in [-0.25, -0.2) is 4.79 Å². The summed E-state index contributed by atoms with van der Waals surface area (Å²) >= 11 is 5.54. The quantitative estimate of drug-likeness (QED) is 0.751. The van der Waals surface area contributed by atoms with Crippen LogP contribution >= 0.6 is 11.6 Å². The molecule has 0 saturated carbocycles. The molecule has 7 heteroatoms. The molecule has 0 atom stereocenters. The molecule has 19 heavy (non-hydrogen) atoms. The number of hydrogen-bond donors (Lipinski definition) is 3. The monoisotopic (exact) mass is 281 g/mol. The Labute approximate surface area is 112 Å². The molecule has 1 aromatic carbocycles. The maximum atomic E-state index is 11.7. The fraction of sp³-hybridized carbons (Fsp3) is 0. The minimum absolute atomic E-state index is 0.00468. The van der Waals surface area contributed by atoms with Crippen molar-refractivity contribution >= 4 is 29.2 Å². The van der Waals surface area contributed by atoms with E-state index in [9.17, 15) is 14.7 Å². The Morgan fingerprint density at radius 2 is 1.95 bits per heavy atom. The predicted octanol–water partition coefficient (Wildman–Crippen LogP) is 2.59. The number of carbonyl (C=O) groups excluding carboxylic acids is 1. The summed E-state index contributed by atoms with van der Waals surface area (Å²) in [6, 6.07) is 6.48. The highest BCUT2D eigenvalue weighted by Gasteiger charge is 2.14. The minimum atomic E-state index is -1.30. The van der Waals surface area contributed by atoms with Gasteiger partial charge >= 0.3 is 5.97 Å². The molecule has 2 aromatic rings. The summed E-state index contributed by atoms with van der Waals surface area (Å²) < 4.78 is 4.91. The smallest absolute Gasteiger partial charge is 0.339 e. The van der Waals surface area contributed by atoms with Gasteiger partial charge in [0.05, 0.1) is 0 Å². The van der Waals surface area contributed by atoms with E-state index in [1.807, 2.05) is 0 Å². The van der Waals surface area contributed by atoms with Crippen molar-refractivity contribution < 1.29 is 24.2 Å². The first kappa shape index (κ1) is 13.0. The van der Waals surface area contributed by atoms with E-state index < -0.39 is 11.9 Å². The topological polar surface area (TPSA) is 99.8 Å². The summed E-state index contributed by atoms with van der Waals surface area (Å²) in [6.07, 6.45) is 0. The van der Waals surface area contributed by atoms with Crippen molar-refractivity contribution in [3.8, 4) is 5.75 Å². The fourth-order valence-corrected chi connectivity index (χ4v) is 1.56. The van der Waals surface area contributed by atoms with Crippen molar-refractivity contribution in [3.63, 3.8) is 0 Å². The average molecular weight is 282 g/mol. The molecule has 0 fully saturated rings. The number of anilines is 1. The van der Waals surface area contributed by atoms with Gasteiger partial charge in [-0.05, 0) is 41.9 Å². The van der Waals surface area contributed by atoms with E-state index in [4.69, 9.17) is 21.1 Å². The summed E-state index contributed by atoms with van der Waals surface area (Å²) in [5.41, 5.74) is -0.0944. The van der Waals surface area contributed by atoms with Crippen molar-refractivity contribution in [2.75, 3.05) is 5.32 Å². The number of carbonyl (C=O) groups is 2. The first-order valence-electron chi connectivity index (χ1n) is 5.10. The third kappa shape index (κ3) is 2.86. The molecule has 0 aliphatic heterocycles. The van der Waals surface area contributed by atoms with Crippen molar-refractivity contribution in [1.29, 1.82) is 0 Å². The zero-order chi connectivity index (χ0) is 14.0. The van der Waals surface area contributed by atoms with Gasteiger partial charge in [-0.2, -0.15) is 0 Å². The van der Waals surface area contributed by atoms with Gasteiger partial charge in [0.1, 0.15) is 11.3 Å². The predicted molar refractivity (Wildman–Crippen MR) is 66.7 cm³/mol. The summed E-state index contributed by atoms with van der Waals surface area (Å²) in [5.74, 6) is -2.26. The molecular weight excluding hydrogens is 274 g/mol. The Hall–Kier alpha value is -2.47. The molecule has 0 saturated heterocycles. The minimum Gasteiger partial charge on any atom is -0.507 e. The Morgan fingerprint density at radius 3 is 2.53 bits per heavy atom. The number of phenols is 1. The lowest BCUT2D eigenvalue weighted by Crippen LogP contribution is -2.11. The van der Waals surface area contributed by atoms with E-state index in [1.165, 1.54) is 24.3 Å². The highest BCUT2D eigenvalue weighted by atomic mass is 35.5. The van der Waals surface area contributed by atoms with E-state index in [-0.39, 0.29) is 28.0 Å². The van der Waals surface area contributed by atoms with Gasteiger partial charge < -0.3 is 19.9 Å². The number of hydrogen-bond acceptors (Lipinski definition) is 4. The van der Waals surface area contributed by atoms with Gasteiger partial charge in [0.15, 0.2) is 11.0 Å². The number of aromatic carboxylic acids is 1. The second kappa shape index (κ2) is 5.03. The molecule has 0 unspecified atom stereocenters. The maximum Gasteiger partial charge on any atom is 0.339 e. The summed E-state index contributed by atoms with van der Waals surface area (Å²) in [6.45, 7) is 0. The van der Waals surface area contributed by atoms with Gasteiger partial charge in [-0.3, -0.25) is 4.79 Å². The van der Waals surface area contributed by atoms with Crippen molar-refractivity contribution in [2.45, 2.75) is 0 Å². The molecular formula is C12H8ClNO5. The van der Waals surface area contributed by atoms with Crippen LogP contribution in [0.15, 0.2) is 34.7 Å². The maximum absolute atomic E-state index is 11.7. The second-order valence-corrected chi connectivity index (χ2v) is 3.97. The summed E-state index contributed by atoms with van der Waals surface area (Å²) in [4.78, 5) is 22.5. The Balaban J connectivity index is 2.22. The first-order chi connectivity index (χ1) is 8.97. The molecule has 0 radical (unpaired) electrons. The molecule has 6 nitrogen and oxygen atoms in total. The molecule has 1 amide bonds. The van der Waals surface area contributed by atoms with Crippen LogP contribution in [-0.2, 0) is 0 Å². The third-order valence-electron chi connectivity index (χ3n) is 2.28. The number of benzene rings is 1. The van der Waals surface area contributed by atoms with Crippen LogP contribution in [0, 0.1) is 0 Å². The third-order valence-corrected chi connectivity index (χ3v) is 2.48. The van der Waals surface area contributed by atoms with Crippen LogP contribution in [0.2, 0.25) is 5.22 Å². The Morgan fingerprint density at radius 1 is 1.21 bits per heavy atom. The number of halogens is 1. The molecule has 3 N–H and O–H groups in total. The van der Waals surface area contributed by atoms with Gasteiger partial charge in [-0.15, -0.1) is 0 Å². The number of aromatic hydroxyl groups is 1. The zero-order valence-electron chi connectivity index (χ0n) is 9.38. The summed E-state index contributed by atoms with van der Waals surface area (Å²) in [7, 11) is 0. The molecule has 98 valence electrons. The largest absolute Gasteiger partial charge is 0.507 e. The Bertz CT molecular complexity index is 649. The van der Waals surface area contributed by atoms with Gasteiger partial charge in [0, 0.05) is 5.69 Å². The number of rotatable bonds is 3. The van der Waals surface area contributed by atoms with E-state index in [2.05, 4.69) is 5.32 Å².